The van der Waals surface area contributed by atoms with Crippen molar-refractivity contribution < 1.29 is 18.3 Å². The van der Waals surface area contributed by atoms with Gasteiger partial charge in [0.2, 0.25) is 10.0 Å². The normalized spacial score (nSPS) is 13.7. The number of benzene rings is 1. The maximum atomic E-state index is 12.2. The summed E-state index contributed by atoms with van der Waals surface area (Å²) in [6.07, 6.45) is 1.46. The van der Waals surface area contributed by atoms with Crippen LogP contribution < -0.4 is 0 Å². The summed E-state index contributed by atoms with van der Waals surface area (Å²) in [6.45, 7) is 3.30. The molecule has 0 saturated heterocycles. The summed E-state index contributed by atoms with van der Waals surface area (Å²) < 4.78 is 25.5. The molecule has 0 radical (unpaired) electrons. The topological polar surface area (TPSA) is 74.7 Å². The molecule has 1 atom stereocenters. The standard InChI is InChI=1S/C14H18ClNO4S/c1-3-16(10-11(2)14(17)18)21(19,20)9-8-12-4-6-13(15)7-5-12/h4-9,11H,3,10H2,1-2H3,(H,17,18). The molecule has 0 aliphatic heterocycles. The van der Waals surface area contributed by atoms with Crippen LogP contribution in [0.1, 0.15) is 19.4 Å². The zero-order chi connectivity index (χ0) is 16.0. The summed E-state index contributed by atoms with van der Waals surface area (Å²) in [4.78, 5) is 10.8. The lowest BCUT2D eigenvalue weighted by Crippen LogP contribution is -2.35. The van der Waals surface area contributed by atoms with Gasteiger partial charge in [0.25, 0.3) is 0 Å². The van der Waals surface area contributed by atoms with Crippen molar-refractivity contribution in [2.24, 2.45) is 5.92 Å². The highest BCUT2D eigenvalue weighted by Crippen LogP contribution is 2.13. The lowest BCUT2D eigenvalue weighted by molar-refractivity contribution is -0.141. The van der Waals surface area contributed by atoms with Crippen LogP contribution >= 0.6 is 11.6 Å². The van der Waals surface area contributed by atoms with Crippen molar-refractivity contribution >= 4 is 33.7 Å². The van der Waals surface area contributed by atoms with Gasteiger partial charge < -0.3 is 5.11 Å². The van der Waals surface area contributed by atoms with Gasteiger partial charge in [0.1, 0.15) is 0 Å². The molecule has 0 amide bonds. The van der Waals surface area contributed by atoms with Crippen molar-refractivity contribution in [3.8, 4) is 0 Å². The number of hydrogen-bond donors (Lipinski definition) is 1. The second-order valence-corrected chi connectivity index (χ2v) is 6.84. The molecule has 0 heterocycles. The number of carboxylic acid groups (broad SMARTS) is 1. The Morgan fingerprint density at radius 3 is 2.43 bits per heavy atom. The maximum Gasteiger partial charge on any atom is 0.307 e. The lowest BCUT2D eigenvalue weighted by atomic mass is 10.2. The minimum absolute atomic E-state index is 0.0564. The number of nitrogens with zero attached hydrogens (tertiary/aromatic N) is 1. The van der Waals surface area contributed by atoms with Gasteiger partial charge in [-0.2, -0.15) is 4.31 Å². The summed E-state index contributed by atoms with van der Waals surface area (Å²) in [5, 5.41) is 10.5. The molecule has 7 heteroatoms. The molecule has 0 aliphatic carbocycles. The first kappa shape index (κ1) is 17.7. The van der Waals surface area contributed by atoms with Crippen molar-refractivity contribution in [2.75, 3.05) is 13.1 Å². The number of sulfonamides is 1. The number of carboxylic acids is 1. The van der Waals surface area contributed by atoms with E-state index < -0.39 is 21.9 Å². The van der Waals surface area contributed by atoms with Crippen molar-refractivity contribution in [1.82, 2.24) is 4.31 Å². The monoisotopic (exact) mass is 331 g/mol. The Bertz CT molecular complexity index is 610. The average molecular weight is 332 g/mol. The zero-order valence-corrected chi connectivity index (χ0v) is 13.4. The molecule has 1 rings (SSSR count). The molecule has 0 saturated carbocycles. The highest BCUT2D eigenvalue weighted by atomic mass is 35.5. The number of carbonyl (C=O) groups is 1. The van der Waals surface area contributed by atoms with Crippen LogP contribution in [0.3, 0.4) is 0 Å². The highest BCUT2D eigenvalue weighted by molar-refractivity contribution is 7.92. The Morgan fingerprint density at radius 1 is 1.38 bits per heavy atom. The van der Waals surface area contributed by atoms with Gasteiger partial charge in [0, 0.05) is 23.5 Å². The predicted molar refractivity (Wildman–Crippen MR) is 83.5 cm³/mol. The fourth-order valence-electron chi connectivity index (χ4n) is 1.62. The van der Waals surface area contributed by atoms with Crippen LogP contribution in [-0.2, 0) is 14.8 Å². The summed E-state index contributed by atoms with van der Waals surface area (Å²) in [5.74, 6) is -1.78. The van der Waals surface area contributed by atoms with Gasteiger partial charge in [-0.15, -0.1) is 0 Å². The molecule has 0 aliphatic rings. The van der Waals surface area contributed by atoms with Crippen LogP contribution in [0.5, 0.6) is 0 Å². The molecule has 0 bridgehead atoms. The molecule has 5 nitrogen and oxygen atoms in total. The average Bonchev–Trinajstić information content (AvgIpc) is 2.43. The molecule has 116 valence electrons. The lowest BCUT2D eigenvalue weighted by Gasteiger charge is -2.20. The Morgan fingerprint density at radius 2 is 1.95 bits per heavy atom. The van der Waals surface area contributed by atoms with Gasteiger partial charge in [-0.25, -0.2) is 8.42 Å². The van der Waals surface area contributed by atoms with Crippen molar-refractivity contribution in [3.63, 3.8) is 0 Å². The number of rotatable bonds is 7. The SMILES string of the molecule is CCN(CC(C)C(=O)O)S(=O)(=O)C=Cc1ccc(Cl)cc1. The van der Waals surface area contributed by atoms with Crippen LogP contribution in [0.2, 0.25) is 5.02 Å². The quantitative estimate of drug-likeness (QED) is 0.833. The van der Waals surface area contributed by atoms with E-state index in [4.69, 9.17) is 16.7 Å². The third kappa shape index (κ3) is 5.49. The second kappa shape index (κ2) is 7.59. The second-order valence-electron chi connectivity index (χ2n) is 4.59. The zero-order valence-electron chi connectivity index (χ0n) is 11.9. The van der Waals surface area contributed by atoms with E-state index in [1.54, 1.807) is 31.2 Å². The van der Waals surface area contributed by atoms with Crippen LogP contribution in [-0.4, -0.2) is 36.9 Å². The van der Waals surface area contributed by atoms with E-state index in [9.17, 15) is 13.2 Å². The molecule has 1 unspecified atom stereocenters. The summed E-state index contributed by atoms with van der Waals surface area (Å²) in [6, 6.07) is 6.73. The first-order valence-corrected chi connectivity index (χ1v) is 8.31. The van der Waals surface area contributed by atoms with E-state index in [-0.39, 0.29) is 13.1 Å². The van der Waals surface area contributed by atoms with Crippen molar-refractivity contribution in [3.05, 3.63) is 40.3 Å². The Kier molecular flexibility index (Phi) is 6.39. The predicted octanol–water partition coefficient (Wildman–Crippen LogP) is 2.68. The summed E-state index contributed by atoms with van der Waals surface area (Å²) in [5.41, 5.74) is 0.699. The number of hydrogen-bond acceptors (Lipinski definition) is 3. The van der Waals surface area contributed by atoms with Crippen molar-refractivity contribution in [1.29, 1.82) is 0 Å². The van der Waals surface area contributed by atoms with Gasteiger partial charge in [0.05, 0.1) is 5.92 Å². The van der Waals surface area contributed by atoms with Gasteiger partial charge in [-0.05, 0) is 23.8 Å². The van der Waals surface area contributed by atoms with Gasteiger partial charge in [0.15, 0.2) is 0 Å². The molecule has 1 aromatic rings. The van der Waals surface area contributed by atoms with Crippen LogP contribution in [0.15, 0.2) is 29.7 Å². The third-order valence-electron chi connectivity index (χ3n) is 2.91. The Balaban J connectivity index is 2.87. The molecule has 0 fully saturated rings. The fourth-order valence-corrected chi connectivity index (χ4v) is 3.04. The Hall–Kier alpha value is -1.37. The fraction of sp³-hybridized carbons (Fsp3) is 0.357. The van der Waals surface area contributed by atoms with E-state index >= 15 is 0 Å². The highest BCUT2D eigenvalue weighted by Gasteiger charge is 2.22. The van der Waals surface area contributed by atoms with Gasteiger partial charge in [-0.1, -0.05) is 37.6 Å². The Labute approximate surface area is 129 Å². The molecular formula is C14H18ClNO4S. The molecule has 1 N–H and O–H groups in total. The first-order chi connectivity index (χ1) is 9.76. The molecular weight excluding hydrogens is 314 g/mol. The van der Waals surface area contributed by atoms with Gasteiger partial charge >= 0.3 is 5.97 Å². The van der Waals surface area contributed by atoms with Crippen LogP contribution in [0, 0.1) is 5.92 Å². The summed E-state index contributed by atoms with van der Waals surface area (Å²) >= 11 is 5.76. The molecule has 1 aromatic carbocycles. The van der Waals surface area contributed by atoms with Crippen LogP contribution in [0.25, 0.3) is 6.08 Å². The minimum Gasteiger partial charge on any atom is -0.481 e. The molecule has 21 heavy (non-hydrogen) atoms. The molecule has 0 aromatic heterocycles. The third-order valence-corrected chi connectivity index (χ3v) is 4.77. The van der Waals surface area contributed by atoms with Crippen molar-refractivity contribution in [2.45, 2.75) is 13.8 Å². The van der Waals surface area contributed by atoms with E-state index in [1.807, 2.05) is 0 Å². The largest absolute Gasteiger partial charge is 0.481 e. The number of aliphatic carboxylic acids is 1. The molecule has 0 spiro atoms. The van der Waals surface area contributed by atoms with Crippen LogP contribution in [0.4, 0.5) is 0 Å². The maximum absolute atomic E-state index is 12.2. The number of halogens is 1. The van der Waals surface area contributed by atoms with E-state index in [1.165, 1.54) is 13.0 Å². The van der Waals surface area contributed by atoms with E-state index in [0.29, 0.717) is 10.6 Å². The van der Waals surface area contributed by atoms with E-state index in [2.05, 4.69) is 0 Å². The van der Waals surface area contributed by atoms with E-state index in [0.717, 1.165) is 9.71 Å². The smallest absolute Gasteiger partial charge is 0.307 e. The first-order valence-electron chi connectivity index (χ1n) is 6.43. The summed E-state index contributed by atoms with van der Waals surface area (Å²) in [7, 11) is -3.65. The minimum atomic E-state index is -3.65. The van der Waals surface area contributed by atoms with Gasteiger partial charge in [-0.3, -0.25) is 4.79 Å².